The molecule has 8 heteroatoms. The molecule has 1 N–H and O–H groups in total. The van der Waals surface area contributed by atoms with Crippen LogP contribution in [0, 0.1) is 23.0 Å². The van der Waals surface area contributed by atoms with E-state index in [2.05, 4.69) is 9.71 Å². The maximum atomic E-state index is 13.2. The Morgan fingerprint density at radius 2 is 1.77 bits per heavy atom. The van der Waals surface area contributed by atoms with Gasteiger partial charge in [0, 0.05) is 17.3 Å². The molecule has 0 bridgehead atoms. The second-order valence-corrected chi connectivity index (χ2v) is 6.09. The van der Waals surface area contributed by atoms with E-state index in [9.17, 15) is 17.2 Å². The highest BCUT2D eigenvalue weighted by molar-refractivity contribution is 7.90. The molecule has 0 aliphatic carbocycles. The molecule has 110 valence electrons. The average molecular weight is 319 g/mol. The van der Waals surface area contributed by atoms with E-state index in [-0.39, 0.29) is 27.5 Å². The van der Waals surface area contributed by atoms with Crippen LogP contribution in [0.3, 0.4) is 0 Å². The first-order valence-corrected chi connectivity index (χ1v) is 7.46. The minimum absolute atomic E-state index is 0.0312. The number of benzene rings is 2. The maximum Gasteiger partial charge on any atom is 0.285 e. The SMILES string of the molecule is N#Cc1ccc2c(c1)S(=O)(=O)N=C2Nc1cc(F)cc(F)c1. The number of nitrogens with zero attached hydrogens (tertiary/aromatic N) is 2. The normalized spacial score (nSPS) is 14.9. The van der Waals surface area contributed by atoms with Crippen molar-refractivity contribution in [3.05, 3.63) is 59.2 Å². The van der Waals surface area contributed by atoms with E-state index in [1.54, 1.807) is 0 Å². The van der Waals surface area contributed by atoms with Crippen LogP contribution in [0.2, 0.25) is 0 Å². The van der Waals surface area contributed by atoms with Crippen molar-refractivity contribution in [3.63, 3.8) is 0 Å². The number of hydrogen-bond acceptors (Lipinski definition) is 4. The molecular formula is C14H7F2N3O2S. The Morgan fingerprint density at radius 1 is 1.09 bits per heavy atom. The predicted molar refractivity (Wildman–Crippen MR) is 74.9 cm³/mol. The number of fused-ring (bicyclic) bond motifs is 1. The van der Waals surface area contributed by atoms with Gasteiger partial charge in [-0.25, -0.2) is 8.78 Å². The molecule has 0 atom stereocenters. The van der Waals surface area contributed by atoms with Crippen molar-refractivity contribution >= 4 is 21.5 Å². The van der Waals surface area contributed by atoms with E-state index in [4.69, 9.17) is 5.26 Å². The molecule has 1 heterocycles. The summed E-state index contributed by atoms with van der Waals surface area (Å²) in [6.07, 6.45) is 0. The van der Waals surface area contributed by atoms with Gasteiger partial charge < -0.3 is 5.32 Å². The summed E-state index contributed by atoms with van der Waals surface area (Å²) in [5.41, 5.74) is 0.447. The van der Waals surface area contributed by atoms with Crippen molar-refractivity contribution in [3.8, 4) is 6.07 Å². The molecule has 0 amide bonds. The number of sulfonamides is 1. The number of anilines is 1. The van der Waals surface area contributed by atoms with Crippen LogP contribution in [0.15, 0.2) is 45.7 Å². The van der Waals surface area contributed by atoms with Crippen LogP contribution in [-0.2, 0) is 10.0 Å². The van der Waals surface area contributed by atoms with Gasteiger partial charge in [-0.3, -0.25) is 0 Å². The van der Waals surface area contributed by atoms with E-state index in [1.165, 1.54) is 18.2 Å². The molecule has 3 rings (SSSR count). The number of amidine groups is 1. The van der Waals surface area contributed by atoms with Crippen LogP contribution in [0.4, 0.5) is 14.5 Å². The summed E-state index contributed by atoms with van der Waals surface area (Å²) >= 11 is 0. The zero-order valence-corrected chi connectivity index (χ0v) is 11.7. The maximum absolute atomic E-state index is 13.2. The van der Waals surface area contributed by atoms with Crippen molar-refractivity contribution in [2.24, 2.45) is 4.40 Å². The highest BCUT2D eigenvalue weighted by Crippen LogP contribution is 2.28. The summed E-state index contributed by atoms with van der Waals surface area (Å²) in [6, 6.07) is 8.62. The lowest BCUT2D eigenvalue weighted by Gasteiger charge is -2.07. The lowest BCUT2D eigenvalue weighted by Crippen LogP contribution is -2.11. The van der Waals surface area contributed by atoms with Gasteiger partial charge in [0.25, 0.3) is 10.0 Å². The molecule has 0 unspecified atom stereocenters. The van der Waals surface area contributed by atoms with Gasteiger partial charge in [-0.15, -0.1) is 4.40 Å². The summed E-state index contributed by atoms with van der Waals surface area (Å²) in [6.45, 7) is 0. The first-order valence-electron chi connectivity index (χ1n) is 6.02. The largest absolute Gasteiger partial charge is 0.339 e. The Kier molecular flexibility index (Phi) is 3.15. The highest BCUT2D eigenvalue weighted by atomic mass is 32.2. The third-order valence-corrected chi connectivity index (χ3v) is 4.30. The molecule has 5 nitrogen and oxygen atoms in total. The molecule has 2 aromatic rings. The first-order chi connectivity index (χ1) is 10.4. The van der Waals surface area contributed by atoms with E-state index < -0.39 is 21.7 Å². The summed E-state index contributed by atoms with van der Waals surface area (Å²) in [7, 11) is -3.94. The molecule has 0 saturated carbocycles. The van der Waals surface area contributed by atoms with Crippen molar-refractivity contribution in [2.75, 3.05) is 5.32 Å². The van der Waals surface area contributed by atoms with Crippen LogP contribution in [0.5, 0.6) is 0 Å². The molecule has 0 aromatic heterocycles. The number of rotatable bonds is 1. The molecule has 1 aliphatic heterocycles. The van der Waals surface area contributed by atoms with Crippen LogP contribution in [0.25, 0.3) is 0 Å². The summed E-state index contributed by atoms with van der Waals surface area (Å²) in [4.78, 5) is -0.120. The van der Waals surface area contributed by atoms with Gasteiger partial charge in [-0.05, 0) is 30.3 Å². The molecule has 1 aliphatic rings. The lowest BCUT2D eigenvalue weighted by molar-refractivity contribution is 0.584. The minimum atomic E-state index is -3.94. The van der Waals surface area contributed by atoms with Crippen LogP contribution < -0.4 is 5.32 Å². The zero-order chi connectivity index (χ0) is 15.9. The molecule has 2 aromatic carbocycles. The van der Waals surface area contributed by atoms with Gasteiger partial charge in [0.05, 0.1) is 11.6 Å². The van der Waals surface area contributed by atoms with E-state index in [1.807, 2.05) is 6.07 Å². The Morgan fingerprint density at radius 3 is 2.41 bits per heavy atom. The molecular weight excluding hydrogens is 312 g/mol. The minimum Gasteiger partial charge on any atom is -0.339 e. The van der Waals surface area contributed by atoms with Gasteiger partial charge in [0.2, 0.25) is 0 Å². The Bertz CT molecular complexity index is 942. The smallest absolute Gasteiger partial charge is 0.285 e. The van der Waals surface area contributed by atoms with Crippen LogP contribution in [-0.4, -0.2) is 14.3 Å². The monoisotopic (exact) mass is 319 g/mol. The molecule has 22 heavy (non-hydrogen) atoms. The fourth-order valence-corrected chi connectivity index (χ4v) is 3.27. The average Bonchev–Trinajstić information content (AvgIpc) is 2.68. The molecule has 0 spiro atoms. The molecule has 0 fully saturated rings. The van der Waals surface area contributed by atoms with Crippen molar-refractivity contribution < 1.29 is 17.2 Å². The molecule has 0 radical (unpaired) electrons. The number of nitrogens with one attached hydrogen (secondary N) is 1. The van der Waals surface area contributed by atoms with Gasteiger partial charge in [-0.1, -0.05) is 0 Å². The number of nitriles is 1. The predicted octanol–water partition coefficient (Wildman–Crippen LogP) is 2.40. The highest BCUT2D eigenvalue weighted by Gasteiger charge is 2.29. The van der Waals surface area contributed by atoms with Crippen molar-refractivity contribution in [2.45, 2.75) is 4.90 Å². The van der Waals surface area contributed by atoms with Crippen molar-refractivity contribution in [1.82, 2.24) is 0 Å². The Balaban J connectivity index is 2.06. The van der Waals surface area contributed by atoms with Gasteiger partial charge in [0.1, 0.15) is 16.5 Å². The second-order valence-electron chi connectivity index (χ2n) is 4.52. The van der Waals surface area contributed by atoms with Gasteiger partial charge in [0.15, 0.2) is 5.84 Å². The fourth-order valence-electron chi connectivity index (χ4n) is 2.07. The Labute approximate surface area is 124 Å². The first kappa shape index (κ1) is 14.2. The summed E-state index contributed by atoms with van der Waals surface area (Å²) in [5, 5.41) is 11.4. The standard InChI is InChI=1S/C14H7F2N3O2S/c15-9-4-10(16)6-11(5-9)18-14-12-2-1-8(7-17)3-13(12)22(20,21)19-14/h1-6H,(H,18,19). The van der Waals surface area contributed by atoms with Crippen molar-refractivity contribution in [1.29, 1.82) is 5.26 Å². The van der Waals surface area contributed by atoms with Crippen LogP contribution >= 0.6 is 0 Å². The van der Waals surface area contributed by atoms with Crippen LogP contribution in [0.1, 0.15) is 11.1 Å². The van der Waals surface area contributed by atoms with Gasteiger partial charge >= 0.3 is 0 Å². The Hall–Kier alpha value is -2.79. The number of halogens is 2. The van der Waals surface area contributed by atoms with E-state index in [0.29, 0.717) is 6.07 Å². The fraction of sp³-hybridized carbons (Fsp3) is 0. The summed E-state index contributed by atoms with van der Waals surface area (Å²) in [5.74, 6) is -1.66. The zero-order valence-electron chi connectivity index (χ0n) is 10.8. The number of hydrogen-bond donors (Lipinski definition) is 1. The topological polar surface area (TPSA) is 82.3 Å². The summed E-state index contributed by atoms with van der Waals surface area (Å²) < 4.78 is 53.8. The van der Waals surface area contributed by atoms with E-state index >= 15 is 0 Å². The molecule has 0 saturated heterocycles. The van der Waals surface area contributed by atoms with Gasteiger partial charge in [-0.2, -0.15) is 13.7 Å². The lowest BCUT2D eigenvalue weighted by atomic mass is 10.1. The quantitative estimate of drug-likeness (QED) is 0.875. The third-order valence-electron chi connectivity index (χ3n) is 2.98. The van der Waals surface area contributed by atoms with E-state index in [0.717, 1.165) is 12.1 Å². The third kappa shape index (κ3) is 2.42. The second kappa shape index (κ2) is 4.89.